The number of aromatic nitrogens is 1. The maximum Gasteiger partial charge on any atom is 0.256 e. The van der Waals surface area contributed by atoms with Crippen LogP contribution in [0.3, 0.4) is 0 Å². The topological polar surface area (TPSA) is 62.3 Å². The zero-order valence-corrected chi connectivity index (χ0v) is 15.0. The number of carbonyl (C=O) groups excluding carboxylic acids is 2. The number of nitrogens with zero attached hydrogens (tertiary/aromatic N) is 2. The third kappa shape index (κ3) is 4.48. The number of hydrogen-bond donors (Lipinski definition) is 1. The number of hydrogen-bond acceptors (Lipinski definition) is 3. The molecule has 1 unspecified atom stereocenters. The molecule has 1 aliphatic heterocycles. The van der Waals surface area contributed by atoms with Crippen LogP contribution in [-0.4, -0.2) is 34.8 Å². The Morgan fingerprint density at radius 2 is 1.81 bits per heavy atom. The average molecular weight is 373 g/mol. The van der Waals surface area contributed by atoms with E-state index in [1.54, 1.807) is 12.4 Å². The van der Waals surface area contributed by atoms with Crippen LogP contribution in [0.1, 0.15) is 41.7 Å². The molecular formula is C20H21F2N3O2. The van der Waals surface area contributed by atoms with E-state index in [-0.39, 0.29) is 23.4 Å². The normalized spacial score (nSPS) is 16.0. The van der Waals surface area contributed by atoms with Crippen LogP contribution in [0, 0.1) is 17.6 Å². The molecule has 2 amide bonds. The molecule has 1 aromatic heterocycles. The average Bonchev–Trinajstić information content (AvgIpc) is 2.68. The van der Waals surface area contributed by atoms with E-state index in [1.807, 2.05) is 19.1 Å². The minimum atomic E-state index is -0.869. The van der Waals surface area contributed by atoms with Gasteiger partial charge in [0.1, 0.15) is 11.6 Å². The molecule has 1 aliphatic rings. The molecule has 3 rings (SSSR count). The largest absolute Gasteiger partial charge is 0.349 e. The summed E-state index contributed by atoms with van der Waals surface area (Å²) >= 11 is 0. The summed E-state index contributed by atoms with van der Waals surface area (Å²) in [6, 6.07) is 6.49. The minimum absolute atomic E-state index is 0.0561. The first-order valence-corrected chi connectivity index (χ1v) is 8.90. The number of nitrogens with one attached hydrogen (secondary N) is 1. The Morgan fingerprint density at radius 3 is 2.44 bits per heavy atom. The molecule has 5 nitrogen and oxygen atoms in total. The standard InChI is InChI=1S/C20H21F2N3O2/c1-13(14-4-8-23-9-5-14)24-19(26)15-6-10-25(11-7-15)20(27)17-3-2-16(21)12-18(17)22/h2-5,8-9,12-13,15H,6-7,10-11H2,1H3,(H,24,26). The van der Waals surface area contributed by atoms with Gasteiger partial charge in [0.2, 0.25) is 5.91 Å². The second-order valence-electron chi connectivity index (χ2n) is 6.70. The Morgan fingerprint density at radius 1 is 1.15 bits per heavy atom. The Hall–Kier alpha value is -2.83. The Balaban J connectivity index is 1.55. The quantitative estimate of drug-likeness (QED) is 0.896. The summed E-state index contributed by atoms with van der Waals surface area (Å²) in [5, 5.41) is 2.99. The number of amides is 2. The van der Waals surface area contributed by atoms with Crippen LogP contribution in [0.4, 0.5) is 8.78 Å². The molecule has 2 heterocycles. The molecule has 142 valence electrons. The molecular weight excluding hydrogens is 352 g/mol. The molecule has 1 atom stereocenters. The van der Waals surface area contributed by atoms with Gasteiger partial charge in [0, 0.05) is 37.5 Å². The molecule has 2 aromatic rings. The molecule has 0 aliphatic carbocycles. The molecule has 0 bridgehead atoms. The Labute approximate surface area is 156 Å². The predicted molar refractivity (Wildman–Crippen MR) is 95.8 cm³/mol. The fourth-order valence-electron chi connectivity index (χ4n) is 3.24. The first-order valence-electron chi connectivity index (χ1n) is 8.90. The van der Waals surface area contributed by atoms with Crippen molar-refractivity contribution in [3.8, 4) is 0 Å². The summed E-state index contributed by atoms with van der Waals surface area (Å²) in [7, 11) is 0. The fraction of sp³-hybridized carbons (Fsp3) is 0.350. The van der Waals surface area contributed by atoms with E-state index >= 15 is 0 Å². The third-order valence-electron chi connectivity index (χ3n) is 4.88. The van der Waals surface area contributed by atoms with Crippen LogP contribution >= 0.6 is 0 Å². The van der Waals surface area contributed by atoms with Gasteiger partial charge in [0.15, 0.2) is 0 Å². The zero-order chi connectivity index (χ0) is 19.4. The van der Waals surface area contributed by atoms with Gasteiger partial charge in [-0.15, -0.1) is 0 Å². The van der Waals surface area contributed by atoms with Gasteiger partial charge in [-0.05, 0) is 49.6 Å². The van der Waals surface area contributed by atoms with E-state index in [2.05, 4.69) is 10.3 Å². The molecule has 27 heavy (non-hydrogen) atoms. The van der Waals surface area contributed by atoms with Gasteiger partial charge >= 0.3 is 0 Å². The lowest BCUT2D eigenvalue weighted by atomic mass is 9.94. The maximum absolute atomic E-state index is 13.8. The fourth-order valence-corrected chi connectivity index (χ4v) is 3.24. The molecule has 1 N–H and O–H groups in total. The van der Waals surface area contributed by atoms with Crippen molar-refractivity contribution in [3.05, 3.63) is 65.5 Å². The molecule has 7 heteroatoms. The highest BCUT2D eigenvalue weighted by atomic mass is 19.1. The third-order valence-corrected chi connectivity index (χ3v) is 4.88. The molecule has 1 aromatic carbocycles. The van der Waals surface area contributed by atoms with Gasteiger partial charge in [0.05, 0.1) is 11.6 Å². The van der Waals surface area contributed by atoms with Gasteiger partial charge in [-0.3, -0.25) is 14.6 Å². The predicted octanol–water partition coefficient (Wildman–Crippen LogP) is 3.09. The summed E-state index contributed by atoms with van der Waals surface area (Å²) in [6.07, 6.45) is 4.36. The van der Waals surface area contributed by atoms with E-state index in [4.69, 9.17) is 0 Å². The van der Waals surface area contributed by atoms with E-state index < -0.39 is 17.5 Å². The Bertz CT molecular complexity index is 821. The minimum Gasteiger partial charge on any atom is -0.349 e. The van der Waals surface area contributed by atoms with Crippen molar-refractivity contribution in [2.45, 2.75) is 25.8 Å². The van der Waals surface area contributed by atoms with Gasteiger partial charge in [-0.1, -0.05) is 0 Å². The number of rotatable bonds is 4. The number of likely N-dealkylation sites (tertiary alicyclic amines) is 1. The van der Waals surface area contributed by atoms with E-state index in [9.17, 15) is 18.4 Å². The van der Waals surface area contributed by atoms with Gasteiger partial charge in [-0.2, -0.15) is 0 Å². The summed E-state index contributed by atoms with van der Waals surface area (Å²) in [5.74, 6) is -2.32. The first kappa shape index (κ1) is 18.9. The van der Waals surface area contributed by atoms with Crippen molar-refractivity contribution in [1.29, 1.82) is 0 Å². The van der Waals surface area contributed by atoms with Crippen LogP contribution in [0.25, 0.3) is 0 Å². The summed E-state index contributed by atoms with van der Waals surface area (Å²) in [4.78, 5) is 30.4. The van der Waals surface area contributed by atoms with Crippen molar-refractivity contribution in [2.75, 3.05) is 13.1 Å². The summed E-state index contributed by atoms with van der Waals surface area (Å²) in [6.45, 7) is 2.62. The molecule has 0 radical (unpaired) electrons. The maximum atomic E-state index is 13.8. The van der Waals surface area contributed by atoms with Crippen LogP contribution in [-0.2, 0) is 4.79 Å². The lowest BCUT2D eigenvalue weighted by Gasteiger charge is -2.32. The second kappa shape index (κ2) is 8.24. The van der Waals surface area contributed by atoms with E-state index in [0.29, 0.717) is 32.0 Å². The van der Waals surface area contributed by atoms with Crippen molar-refractivity contribution < 1.29 is 18.4 Å². The van der Waals surface area contributed by atoms with Crippen LogP contribution < -0.4 is 5.32 Å². The number of benzene rings is 1. The number of pyridine rings is 1. The number of halogens is 2. The van der Waals surface area contributed by atoms with Gasteiger partial charge < -0.3 is 10.2 Å². The molecule has 1 fully saturated rings. The lowest BCUT2D eigenvalue weighted by Crippen LogP contribution is -2.43. The van der Waals surface area contributed by atoms with Gasteiger partial charge in [-0.25, -0.2) is 8.78 Å². The molecule has 0 saturated carbocycles. The lowest BCUT2D eigenvalue weighted by molar-refractivity contribution is -0.127. The van der Waals surface area contributed by atoms with Crippen molar-refractivity contribution in [2.24, 2.45) is 5.92 Å². The van der Waals surface area contributed by atoms with Crippen LogP contribution in [0.15, 0.2) is 42.7 Å². The van der Waals surface area contributed by atoms with Crippen LogP contribution in [0.2, 0.25) is 0 Å². The van der Waals surface area contributed by atoms with E-state index in [1.165, 1.54) is 4.90 Å². The monoisotopic (exact) mass is 373 g/mol. The van der Waals surface area contributed by atoms with Crippen LogP contribution in [0.5, 0.6) is 0 Å². The smallest absolute Gasteiger partial charge is 0.256 e. The second-order valence-corrected chi connectivity index (χ2v) is 6.70. The van der Waals surface area contributed by atoms with Crippen molar-refractivity contribution in [3.63, 3.8) is 0 Å². The summed E-state index contributed by atoms with van der Waals surface area (Å²) in [5.41, 5.74) is 0.823. The van der Waals surface area contributed by atoms with Crippen molar-refractivity contribution in [1.82, 2.24) is 15.2 Å². The highest BCUT2D eigenvalue weighted by Crippen LogP contribution is 2.22. The summed E-state index contributed by atoms with van der Waals surface area (Å²) < 4.78 is 26.8. The van der Waals surface area contributed by atoms with E-state index in [0.717, 1.165) is 17.7 Å². The van der Waals surface area contributed by atoms with Gasteiger partial charge in [0.25, 0.3) is 5.91 Å². The highest BCUT2D eigenvalue weighted by Gasteiger charge is 2.29. The molecule has 1 saturated heterocycles. The van der Waals surface area contributed by atoms with Crippen molar-refractivity contribution >= 4 is 11.8 Å². The first-order chi connectivity index (χ1) is 13.0. The number of carbonyl (C=O) groups is 2. The number of piperidine rings is 1. The Kier molecular flexibility index (Phi) is 5.78. The molecule has 0 spiro atoms. The zero-order valence-electron chi connectivity index (χ0n) is 15.0. The SMILES string of the molecule is CC(NC(=O)C1CCN(C(=O)c2ccc(F)cc2F)CC1)c1ccncc1. The highest BCUT2D eigenvalue weighted by molar-refractivity contribution is 5.94.